The lowest BCUT2D eigenvalue weighted by Gasteiger charge is -2.19. The third-order valence-electron chi connectivity index (χ3n) is 3.75. The molecule has 0 rings (SSSR count). The molecule has 2 nitrogen and oxygen atoms in total. The quantitative estimate of drug-likeness (QED) is 0.191. The molecule has 0 bridgehead atoms. The van der Waals surface area contributed by atoms with Gasteiger partial charge in [0.25, 0.3) is 0 Å². The Morgan fingerprint density at radius 3 is 1.92 bits per heavy atom. The normalized spacial score (nSPS) is 12.3. The second-order valence-corrected chi connectivity index (χ2v) is 7.57. The van der Waals surface area contributed by atoms with Gasteiger partial charge in [-0.3, -0.25) is 4.79 Å². The number of rotatable bonds is 14. The molecule has 2 heteroatoms. The molecular weight excluding hydrogens is 295 g/mol. The zero-order chi connectivity index (χ0) is 18.1. The van der Waals surface area contributed by atoms with Gasteiger partial charge in [-0.05, 0) is 59.3 Å². The molecule has 0 aromatic heterocycles. The van der Waals surface area contributed by atoms with Crippen molar-refractivity contribution in [3.63, 3.8) is 0 Å². The second kappa shape index (κ2) is 15.5. The summed E-state index contributed by atoms with van der Waals surface area (Å²) in [6.45, 7) is 8.00. The molecule has 0 aliphatic rings. The molecular formula is C22H40O2. The summed E-state index contributed by atoms with van der Waals surface area (Å²) in [4.78, 5) is 11.6. The van der Waals surface area contributed by atoms with Crippen LogP contribution in [0.15, 0.2) is 24.3 Å². The fraction of sp³-hybridized carbons (Fsp3) is 0.773. The fourth-order valence-corrected chi connectivity index (χ4v) is 2.47. The molecule has 140 valence electrons. The highest BCUT2D eigenvalue weighted by molar-refractivity contribution is 5.69. The van der Waals surface area contributed by atoms with Crippen LogP contribution in [-0.4, -0.2) is 11.6 Å². The number of carbonyl (C=O) groups excluding carboxylic acids is 1. The summed E-state index contributed by atoms with van der Waals surface area (Å²) in [5.41, 5.74) is -0.353. The SMILES string of the molecule is CC(C)(C)OC(=O)CCCCCCC/C=C\C/C=C\CCCC[11CH3]. The molecule has 24 heavy (non-hydrogen) atoms. The number of allylic oxidation sites excluding steroid dienone is 4. The van der Waals surface area contributed by atoms with Crippen molar-refractivity contribution in [2.45, 2.75) is 110 Å². The first-order valence-electron chi connectivity index (χ1n) is 9.97. The molecule has 0 N–H and O–H groups in total. The lowest BCUT2D eigenvalue weighted by Crippen LogP contribution is -2.23. The number of ether oxygens (including phenoxy) is 1. The first-order chi connectivity index (χ1) is 11.5. The van der Waals surface area contributed by atoms with Crippen LogP contribution in [0, 0.1) is 0 Å². The third kappa shape index (κ3) is 19.0. The van der Waals surface area contributed by atoms with Gasteiger partial charge in [0.15, 0.2) is 0 Å². The molecule has 0 saturated carbocycles. The van der Waals surface area contributed by atoms with E-state index in [1.54, 1.807) is 0 Å². The van der Waals surface area contributed by atoms with Crippen molar-refractivity contribution in [2.24, 2.45) is 0 Å². The summed E-state index contributed by atoms with van der Waals surface area (Å²) < 4.78 is 5.30. The predicted molar refractivity (Wildman–Crippen MR) is 105 cm³/mol. The summed E-state index contributed by atoms with van der Waals surface area (Å²) >= 11 is 0. The van der Waals surface area contributed by atoms with Gasteiger partial charge in [0.05, 0.1) is 0 Å². The van der Waals surface area contributed by atoms with Crippen LogP contribution in [-0.2, 0) is 9.53 Å². The maximum absolute atomic E-state index is 11.6. The van der Waals surface area contributed by atoms with Gasteiger partial charge in [0, 0.05) is 6.42 Å². The van der Waals surface area contributed by atoms with Gasteiger partial charge in [-0.25, -0.2) is 0 Å². The van der Waals surface area contributed by atoms with Crippen LogP contribution in [0.4, 0.5) is 0 Å². The van der Waals surface area contributed by atoms with E-state index in [9.17, 15) is 4.79 Å². The molecule has 0 saturated heterocycles. The van der Waals surface area contributed by atoms with E-state index in [0.29, 0.717) is 6.42 Å². The van der Waals surface area contributed by atoms with Crippen molar-refractivity contribution < 1.29 is 9.53 Å². The van der Waals surface area contributed by atoms with Crippen molar-refractivity contribution in [1.82, 2.24) is 0 Å². The molecule has 0 aromatic carbocycles. The number of hydrogen-bond donors (Lipinski definition) is 0. The van der Waals surface area contributed by atoms with Crippen LogP contribution in [0.1, 0.15) is 105 Å². The average Bonchev–Trinajstić information content (AvgIpc) is 2.49. The standard InChI is InChI=1S/C22H40O2/c1-5-6-7-8-9-10-11-12-13-14-15-16-17-18-19-20-21(23)24-22(2,3)4/h9-10,12-13H,5-8,11,14-20H2,1-4H3/b10-9-,13-12-/i1-1. The maximum atomic E-state index is 11.6. The molecule has 0 radical (unpaired) electrons. The molecule has 0 spiro atoms. The largest absolute Gasteiger partial charge is 0.460 e. The highest BCUT2D eigenvalue weighted by Crippen LogP contribution is 2.12. The maximum Gasteiger partial charge on any atom is 0.306 e. The zero-order valence-corrected chi connectivity index (χ0v) is 16.6. The smallest absolute Gasteiger partial charge is 0.306 e. The van der Waals surface area contributed by atoms with E-state index in [2.05, 4.69) is 31.2 Å². The molecule has 0 atom stereocenters. The van der Waals surface area contributed by atoms with Crippen molar-refractivity contribution >= 4 is 5.97 Å². The zero-order valence-electron chi connectivity index (χ0n) is 16.6. The molecule has 0 aromatic rings. The number of hydrogen-bond acceptors (Lipinski definition) is 2. The molecule has 0 aliphatic carbocycles. The minimum Gasteiger partial charge on any atom is -0.460 e. The Bertz CT molecular complexity index is 347. The highest BCUT2D eigenvalue weighted by Gasteiger charge is 2.15. The summed E-state index contributed by atoms with van der Waals surface area (Å²) in [6.07, 6.45) is 23.0. The van der Waals surface area contributed by atoms with Crippen molar-refractivity contribution in [1.29, 1.82) is 0 Å². The molecule has 0 fully saturated rings. The van der Waals surface area contributed by atoms with Gasteiger partial charge in [0.1, 0.15) is 5.60 Å². The lowest BCUT2D eigenvalue weighted by atomic mass is 10.1. The van der Waals surface area contributed by atoms with E-state index in [4.69, 9.17) is 4.74 Å². The Labute approximate surface area is 150 Å². The molecule has 0 aliphatic heterocycles. The van der Waals surface area contributed by atoms with Gasteiger partial charge < -0.3 is 4.74 Å². The van der Waals surface area contributed by atoms with E-state index in [1.165, 1.54) is 51.4 Å². The lowest BCUT2D eigenvalue weighted by molar-refractivity contribution is -0.154. The second-order valence-electron chi connectivity index (χ2n) is 7.57. The van der Waals surface area contributed by atoms with Gasteiger partial charge in [0.2, 0.25) is 0 Å². The molecule has 0 amide bonds. The monoisotopic (exact) mass is 335 g/mol. The van der Waals surface area contributed by atoms with Crippen LogP contribution >= 0.6 is 0 Å². The average molecular weight is 336 g/mol. The van der Waals surface area contributed by atoms with Crippen LogP contribution in [0.3, 0.4) is 0 Å². The minimum atomic E-state index is -0.353. The van der Waals surface area contributed by atoms with Gasteiger partial charge in [-0.1, -0.05) is 63.3 Å². The van der Waals surface area contributed by atoms with Crippen molar-refractivity contribution in [3.05, 3.63) is 24.3 Å². The number of unbranched alkanes of at least 4 members (excludes halogenated alkanes) is 8. The Balaban J connectivity index is 3.33. The van der Waals surface area contributed by atoms with E-state index >= 15 is 0 Å². The molecule has 0 unspecified atom stereocenters. The minimum absolute atomic E-state index is 0.0619. The number of carbonyl (C=O) groups is 1. The van der Waals surface area contributed by atoms with Gasteiger partial charge in [-0.15, -0.1) is 0 Å². The Morgan fingerprint density at radius 2 is 1.33 bits per heavy atom. The highest BCUT2D eigenvalue weighted by atomic mass is 16.6. The summed E-state index contributed by atoms with van der Waals surface area (Å²) in [7, 11) is 0. The Hall–Kier alpha value is -1.05. The van der Waals surface area contributed by atoms with E-state index in [0.717, 1.165) is 19.3 Å². The van der Waals surface area contributed by atoms with E-state index in [1.807, 2.05) is 20.8 Å². The van der Waals surface area contributed by atoms with Crippen molar-refractivity contribution in [2.75, 3.05) is 0 Å². The Kier molecular flexibility index (Phi) is 14.8. The van der Waals surface area contributed by atoms with Crippen LogP contribution in [0.2, 0.25) is 0 Å². The van der Waals surface area contributed by atoms with E-state index in [-0.39, 0.29) is 11.6 Å². The van der Waals surface area contributed by atoms with Gasteiger partial charge >= 0.3 is 5.97 Å². The summed E-state index contributed by atoms with van der Waals surface area (Å²) in [6, 6.07) is 0. The van der Waals surface area contributed by atoms with Crippen LogP contribution < -0.4 is 0 Å². The first-order valence-corrected chi connectivity index (χ1v) is 9.97. The summed E-state index contributed by atoms with van der Waals surface area (Å²) in [5, 5.41) is 0. The topological polar surface area (TPSA) is 26.3 Å². The van der Waals surface area contributed by atoms with Crippen LogP contribution in [0.25, 0.3) is 0 Å². The molecule has 0 heterocycles. The Morgan fingerprint density at radius 1 is 0.792 bits per heavy atom. The fourth-order valence-electron chi connectivity index (χ4n) is 2.47. The predicted octanol–water partition coefficient (Wildman–Crippen LogP) is 7.14. The van der Waals surface area contributed by atoms with Crippen LogP contribution in [0.5, 0.6) is 0 Å². The van der Waals surface area contributed by atoms with Gasteiger partial charge in [-0.2, -0.15) is 0 Å². The first kappa shape index (κ1) is 22.9. The number of esters is 1. The summed E-state index contributed by atoms with van der Waals surface area (Å²) in [5.74, 6) is -0.0619. The van der Waals surface area contributed by atoms with Crippen molar-refractivity contribution in [3.8, 4) is 0 Å². The third-order valence-corrected chi connectivity index (χ3v) is 3.75. The van der Waals surface area contributed by atoms with E-state index < -0.39 is 0 Å².